The predicted molar refractivity (Wildman–Crippen MR) is 93.8 cm³/mol. The number of amides is 3. The summed E-state index contributed by atoms with van der Waals surface area (Å²) in [5.74, 6) is -1.04. The minimum absolute atomic E-state index is 0.0222. The molecule has 1 heterocycles. The van der Waals surface area contributed by atoms with E-state index in [4.69, 9.17) is 4.74 Å². The summed E-state index contributed by atoms with van der Waals surface area (Å²) < 4.78 is 31.2. The summed E-state index contributed by atoms with van der Waals surface area (Å²) in [7, 11) is 1.56. The van der Waals surface area contributed by atoms with Gasteiger partial charge in [0.2, 0.25) is 5.91 Å². The Balaban J connectivity index is 1.69. The van der Waals surface area contributed by atoms with Gasteiger partial charge in [-0.05, 0) is 37.3 Å². The van der Waals surface area contributed by atoms with E-state index in [9.17, 15) is 18.4 Å². The first-order valence-electron chi connectivity index (χ1n) is 8.75. The number of likely N-dealkylation sites (tertiary alicyclic amines) is 1. The number of nitrogens with one attached hydrogen (secondary N) is 2. The van der Waals surface area contributed by atoms with Crippen molar-refractivity contribution in [3.63, 3.8) is 0 Å². The second-order valence-corrected chi connectivity index (χ2v) is 6.40. The number of benzene rings is 1. The van der Waals surface area contributed by atoms with Crippen molar-refractivity contribution < 1.29 is 23.1 Å². The van der Waals surface area contributed by atoms with Crippen LogP contribution < -0.4 is 10.6 Å². The van der Waals surface area contributed by atoms with E-state index >= 15 is 0 Å². The van der Waals surface area contributed by atoms with E-state index < -0.39 is 11.6 Å². The molecule has 26 heavy (non-hydrogen) atoms. The Labute approximate surface area is 151 Å². The molecular weight excluding hydrogens is 344 g/mol. The van der Waals surface area contributed by atoms with Crippen molar-refractivity contribution in [2.45, 2.75) is 25.7 Å². The molecule has 2 N–H and O–H groups in total. The van der Waals surface area contributed by atoms with Gasteiger partial charge in [0.15, 0.2) is 0 Å². The molecule has 6 nitrogen and oxygen atoms in total. The lowest BCUT2D eigenvalue weighted by atomic mass is 9.93. The van der Waals surface area contributed by atoms with Crippen molar-refractivity contribution in [2.75, 3.05) is 38.7 Å². The molecule has 1 aromatic carbocycles. The highest BCUT2D eigenvalue weighted by Crippen LogP contribution is 2.21. The standard InChI is InChI=1S/C18H25F2N3O3/c1-26-9-5-17(24)21-6-2-13-3-7-23(8-4-13)18(25)22-16-11-14(19)10-15(20)12-16/h10-13H,2-9H2,1H3,(H,21,24)(H,22,25). The Hall–Kier alpha value is -2.22. The van der Waals surface area contributed by atoms with Crippen molar-refractivity contribution in [1.29, 1.82) is 0 Å². The number of nitrogens with zero attached hydrogens (tertiary/aromatic N) is 1. The number of carbonyl (C=O) groups is 2. The molecule has 144 valence electrons. The van der Waals surface area contributed by atoms with Gasteiger partial charge in [-0.15, -0.1) is 0 Å². The normalized spacial score (nSPS) is 15.0. The zero-order valence-electron chi connectivity index (χ0n) is 14.9. The second-order valence-electron chi connectivity index (χ2n) is 6.40. The number of methoxy groups -OCH3 is 1. The molecular formula is C18H25F2N3O3. The molecule has 0 saturated carbocycles. The van der Waals surface area contributed by atoms with E-state index in [1.54, 1.807) is 12.0 Å². The molecule has 1 saturated heterocycles. The highest BCUT2D eigenvalue weighted by molar-refractivity contribution is 5.89. The summed E-state index contributed by atoms with van der Waals surface area (Å²) in [4.78, 5) is 25.3. The van der Waals surface area contributed by atoms with Gasteiger partial charge < -0.3 is 20.3 Å². The van der Waals surface area contributed by atoms with E-state index in [0.717, 1.165) is 37.5 Å². The van der Waals surface area contributed by atoms with E-state index in [1.165, 1.54) is 0 Å². The summed E-state index contributed by atoms with van der Waals surface area (Å²) >= 11 is 0. The minimum atomic E-state index is -0.730. The van der Waals surface area contributed by atoms with Crippen LogP contribution in [0.1, 0.15) is 25.7 Å². The van der Waals surface area contributed by atoms with Crippen molar-refractivity contribution in [1.82, 2.24) is 10.2 Å². The van der Waals surface area contributed by atoms with E-state index in [2.05, 4.69) is 10.6 Å². The van der Waals surface area contributed by atoms with E-state index in [0.29, 0.717) is 38.6 Å². The van der Waals surface area contributed by atoms with Crippen LogP contribution in [0, 0.1) is 17.6 Å². The monoisotopic (exact) mass is 369 g/mol. The molecule has 3 amide bonds. The average Bonchev–Trinajstić information content (AvgIpc) is 2.59. The Morgan fingerprint density at radius 2 is 1.85 bits per heavy atom. The van der Waals surface area contributed by atoms with Gasteiger partial charge in [0, 0.05) is 44.9 Å². The smallest absolute Gasteiger partial charge is 0.321 e. The summed E-state index contributed by atoms with van der Waals surface area (Å²) in [5, 5.41) is 5.38. The number of piperidine rings is 1. The number of hydrogen-bond acceptors (Lipinski definition) is 3. The van der Waals surface area contributed by atoms with Crippen molar-refractivity contribution in [3.8, 4) is 0 Å². The van der Waals surface area contributed by atoms with Gasteiger partial charge in [-0.25, -0.2) is 13.6 Å². The fraction of sp³-hybridized carbons (Fsp3) is 0.556. The molecule has 2 rings (SSSR count). The second kappa shape index (κ2) is 10.1. The first kappa shape index (κ1) is 20.1. The van der Waals surface area contributed by atoms with Crippen LogP contribution >= 0.6 is 0 Å². The van der Waals surface area contributed by atoms with Crippen LogP contribution in [0.5, 0.6) is 0 Å². The molecule has 8 heteroatoms. The number of hydrogen-bond donors (Lipinski definition) is 2. The number of carbonyl (C=O) groups excluding carboxylic acids is 2. The Morgan fingerprint density at radius 1 is 1.19 bits per heavy atom. The van der Waals surface area contributed by atoms with Gasteiger partial charge in [-0.2, -0.15) is 0 Å². The summed E-state index contributed by atoms with van der Waals surface area (Å²) in [5.41, 5.74) is 0.105. The maximum Gasteiger partial charge on any atom is 0.321 e. The van der Waals surface area contributed by atoms with Crippen molar-refractivity contribution >= 4 is 17.6 Å². The third-order valence-corrected chi connectivity index (χ3v) is 4.42. The number of halogens is 2. The number of urea groups is 1. The molecule has 0 spiro atoms. The van der Waals surface area contributed by atoms with Crippen LogP contribution in [0.15, 0.2) is 18.2 Å². The number of rotatable bonds is 7. The van der Waals surface area contributed by atoms with Crippen LogP contribution in [0.25, 0.3) is 0 Å². The van der Waals surface area contributed by atoms with Crippen LogP contribution in [0.4, 0.5) is 19.3 Å². The van der Waals surface area contributed by atoms with Gasteiger partial charge >= 0.3 is 6.03 Å². The molecule has 1 fully saturated rings. The van der Waals surface area contributed by atoms with Gasteiger partial charge in [-0.3, -0.25) is 4.79 Å². The predicted octanol–water partition coefficient (Wildman–Crippen LogP) is 2.75. The Morgan fingerprint density at radius 3 is 2.46 bits per heavy atom. The van der Waals surface area contributed by atoms with E-state index in [-0.39, 0.29) is 17.6 Å². The van der Waals surface area contributed by atoms with Crippen LogP contribution in [0.2, 0.25) is 0 Å². The lowest BCUT2D eigenvalue weighted by Gasteiger charge is -2.32. The first-order valence-corrected chi connectivity index (χ1v) is 8.75. The lowest BCUT2D eigenvalue weighted by Crippen LogP contribution is -2.41. The molecule has 0 unspecified atom stereocenters. The third kappa shape index (κ3) is 6.59. The van der Waals surface area contributed by atoms with E-state index in [1.807, 2.05) is 0 Å². The summed E-state index contributed by atoms with van der Waals surface area (Å²) in [6, 6.07) is 2.57. The Kier molecular flexibility index (Phi) is 7.77. The lowest BCUT2D eigenvalue weighted by molar-refractivity contribution is -0.122. The van der Waals surface area contributed by atoms with Crippen LogP contribution in [-0.2, 0) is 9.53 Å². The van der Waals surface area contributed by atoms with Crippen molar-refractivity contribution in [3.05, 3.63) is 29.8 Å². The first-order chi connectivity index (χ1) is 12.5. The fourth-order valence-corrected chi connectivity index (χ4v) is 2.95. The zero-order valence-corrected chi connectivity index (χ0v) is 14.9. The van der Waals surface area contributed by atoms with Gasteiger partial charge in [0.25, 0.3) is 0 Å². The SMILES string of the molecule is COCCC(=O)NCCC1CCN(C(=O)Nc2cc(F)cc(F)c2)CC1. The van der Waals surface area contributed by atoms with Gasteiger partial charge in [0.05, 0.1) is 6.61 Å². The van der Waals surface area contributed by atoms with Crippen LogP contribution in [0.3, 0.4) is 0 Å². The fourth-order valence-electron chi connectivity index (χ4n) is 2.95. The maximum absolute atomic E-state index is 13.2. The van der Waals surface area contributed by atoms with Crippen LogP contribution in [-0.4, -0.2) is 50.2 Å². The molecule has 0 atom stereocenters. The average molecular weight is 369 g/mol. The maximum atomic E-state index is 13.2. The third-order valence-electron chi connectivity index (χ3n) is 4.42. The number of anilines is 1. The minimum Gasteiger partial charge on any atom is -0.384 e. The highest BCUT2D eigenvalue weighted by Gasteiger charge is 2.23. The Bertz CT molecular complexity index is 599. The van der Waals surface area contributed by atoms with Crippen molar-refractivity contribution in [2.24, 2.45) is 5.92 Å². The molecule has 1 aromatic rings. The highest BCUT2D eigenvalue weighted by atomic mass is 19.1. The molecule has 0 bridgehead atoms. The van der Waals surface area contributed by atoms with Gasteiger partial charge in [-0.1, -0.05) is 0 Å². The quantitative estimate of drug-likeness (QED) is 0.776. The molecule has 1 aliphatic rings. The number of ether oxygens (including phenoxy) is 1. The molecule has 0 aliphatic carbocycles. The summed E-state index contributed by atoms with van der Waals surface area (Å²) in [6.07, 6.45) is 2.89. The summed E-state index contributed by atoms with van der Waals surface area (Å²) in [6.45, 7) is 2.17. The molecule has 0 radical (unpaired) electrons. The molecule has 0 aromatic heterocycles. The largest absolute Gasteiger partial charge is 0.384 e. The zero-order chi connectivity index (χ0) is 18.9. The topological polar surface area (TPSA) is 70.7 Å². The molecule has 1 aliphatic heterocycles. The van der Waals surface area contributed by atoms with Gasteiger partial charge in [0.1, 0.15) is 11.6 Å².